The van der Waals surface area contributed by atoms with Crippen LogP contribution < -0.4 is 0 Å². The predicted octanol–water partition coefficient (Wildman–Crippen LogP) is 5.85. The number of aryl methyl sites for hydroxylation is 1. The number of hydrogen-bond acceptors (Lipinski definition) is 1. The standard InChI is InChI=1S/C12H9BrCl2S/c1-7-2-3-8(9(14)6-7)12(13)10-4-5-11(15)16-10/h2-6,12H,1H3. The average Bonchev–Trinajstić information content (AvgIpc) is 2.64. The quantitative estimate of drug-likeness (QED) is 0.604. The molecule has 0 radical (unpaired) electrons. The van der Waals surface area contributed by atoms with Gasteiger partial charge in [-0.3, -0.25) is 0 Å². The SMILES string of the molecule is Cc1ccc(C(Br)c2ccc(Cl)s2)c(Cl)c1. The Morgan fingerprint density at radius 2 is 1.94 bits per heavy atom. The molecule has 1 aromatic heterocycles. The molecular weight excluding hydrogens is 327 g/mol. The molecule has 0 saturated heterocycles. The van der Waals surface area contributed by atoms with Crippen LogP contribution in [-0.2, 0) is 0 Å². The third-order valence-electron chi connectivity index (χ3n) is 2.27. The van der Waals surface area contributed by atoms with Crippen LogP contribution in [0.5, 0.6) is 0 Å². The summed E-state index contributed by atoms with van der Waals surface area (Å²) < 4.78 is 0.794. The van der Waals surface area contributed by atoms with E-state index in [4.69, 9.17) is 23.2 Å². The molecule has 1 atom stereocenters. The molecule has 1 unspecified atom stereocenters. The number of rotatable bonds is 2. The van der Waals surface area contributed by atoms with Gasteiger partial charge < -0.3 is 0 Å². The number of alkyl halides is 1. The summed E-state index contributed by atoms with van der Waals surface area (Å²) in [5.74, 6) is 0. The fourth-order valence-corrected chi connectivity index (χ4v) is 3.82. The van der Waals surface area contributed by atoms with Gasteiger partial charge in [-0.15, -0.1) is 11.3 Å². The van der Waals surface area contributed by atoms with Crippen LogP contribution in [0.3, 0.4) is 0 Å². The van der Waals surface area contributed by atoms with E-state index in [9.17, 15) is 0 Å². The van der Waals surface area contributed by atoms with E-state index in [2.05, 4.69) is 22.0 Å². The average molecular weight is 336 g/mol. The van der Waals surface area contributed by atoms with Gasteiger partial charge in [0.15, 0.2) is 0 Å². The summed E-state index contributed by atoms with van der Waals surface area (Å²) in [5, 5.41) is 0.784. The molecule has 16 heavy (non-hydrogen) atoms. The molecule has 0 aliphatic carbocycles. The maximum absolute atomic E-state index is 6.22. The normalized spacial score (nSPS) is 12.8. The summed E-state index contributed by atoms with van der Waals surface area (Å²) in [5.41, 5.74) is 2.24. The van der Waals surface area contributed by atoms with Crippen molar-refractivity contribution in [2.45, 2.75) is 11.8 Å². The van der Waals surface area contributed by atoms with Gasteiger partial charge in [-0.2, -0.15) is 0 Å². The largest absolute Gasteiger partial charge is 0.127 e. The van der Waals surface area contributed by atoms with E-state index < -0.39 is 0 Å². The van der Waals surface area contributed by atoms with E-state index >= 15 is 0 Å². The first kappa shape index (κ1) is 12.4. The van der Waals surface area contributed by atoms with Crippen LogP contribution in [0.15, 0.2) is 30.3 Å². The zero-order valence-corrected chi connectivity index (χ0v) is 12.4. The number of halogens is 3. The van der Waals surface area contributed by atoms with Crippen molar-refractivity contribution >= 4 is 50.5 Å². The van der Waals surface area contributed by atoms with Crippen LogP contribution in [0.4, 0.5) is 0 Å². The van der Waals surface area contributed by atoms with Crippen molar-refractivity contribution in [1.82, 2.24) is 0 Å². The molecule has 0 amide bonds. The lowest BCUT2D eigenvalue weighted by molar-refractivity contribution is 1.22. The Hall–Kier alpha value is -0.0200. The van der Waals surface area contributed by atoms with Crippen molar-refractivity contribution in [2.24, 2.45) is 0 Å². The van der Waals surface area contributed by atoms with Gasteiger partial charge in [-0.05, 0) is 36.2 Å². The Morgan fingerprint density at radius 3 is 2.50 bits per heavy atom. The van der Waals surface area contributed by atoms with Crippen molar-refractivity contribution in [2.75, 3.05) is 0 Å². The Kier molecular flexibility index (Phi) is 3.96. The second-order valence-electron chi connectivity index (χ2n) is 3.53. The van der Waals surface area contributed by atoms with Gasteiger partial charge in [0.25, 0.3) is 0 Å². The Labute approximate surface area is 117 Å². The number of hydrogen-bond donors (Lipinski definition) is 0. The zero-order chi connectivity index (χ0) is 11.7. The van der Waals surface area contributed by atoms with Gasteiger partial charge in [-0.25, -0.2) is 0 Å². The third kappa shape index (κ3) is 2.62. The molecule has 0 bridgehead atoms. The fourth-order valence-electron chi connectivity index (χ4n) is 1.46. The van der Waals surface area contributed by atoms with Crippen molar-refractivity contribution in [3.05, 3.63) is 55.7 Å². The summed E-state index contributed by atoms with van der Waals surface area (Å²) in [7, 11) is 0. The highest BCUT2D eigenvalue weighted by Gasteiger charge is 2.15. The molecule has 2 rings (SSSR count). The van der Waals surface area contributed by atoms with E-state index in [1.54, 1.807) is 11.3 Å². The van der Waals surface area contributed by atoms with Gasteiger partial charge in [0.1, 0.15) is 0 Å². The van der Waals surface area contributed by atoms with Crippen LogP contribution in [-0.4, -0.2) is 0 Å². The van der Waals surface area contributed by atoms with Gasteiger partial charge >= 0.3 is 0 Å². The van der Waals surface area contributed by atoms with Gasteiger partial charge in [-0.1, -0.05) is 51.3 Å². The van der Waals surface area contributed by atoms with Gasteiger partial charge in [0.2, 0.25) is 0 Å². The molecule has 0 N–H and O–H groups in total. The second-order valence-corrected chi connectivity index (χ2v) is 6.60. The molecule has 4 heteroatoms. The maximum atomic E-state index is 6.22. The van der Waals surface area contributed by atoms with Crippen molar-refractivity contribution < 1.29 is 0 Å². The molecule has 0 nitrogen and oxygen atoms in total. The minimum absolute atomic E-state index is 0.109. The lowest BCUT2D eigenvalue weighted by atomic mass is 10.1. The van der Waals surface area contributed by atoms with Crippen LogP contribution in [0.25, 0.3) is 0 Å². The Bertz CT molecular complexity index is 507. The summed E-state index contributed by atoms with van der Waals surface area (Å²) in [6.45, 7) is 2.03. The molecule has 0 spiro atoms. The maximum Gasteiger partial charge on any atom is 0.0931 e. The van der Waals surface area contributed by atoms with E-state index in [-0.39, 0.29) is 4.83 Å². The topological polar surface area (TPSA) is 0 Å². The molecule has 0 aliphatic rings. The highest BCUT2D eigenvalue weighted by atomic mass is 79.9. The first-order valence-corrected chi connectivity index (χ1v) is 7.22. The third-order valence-corrected chi connectivity index (χ3v) is 5.19. The Morgan fingerprint density at radius 1 is 1.19 bits per heavy atom. The summed E-state index contributed by atoms with van der Waals surface area (Å²) >= 11 is 17.4. The molecule has 1 heterocycles. The minimum atomic E-state index is 0.109. The lowest BCUT2D eigenvalue weighted by Crippen LogP contribution is -1.91. The van der Waals surface area contributed by atoms with E-state index in [1.807, 2.05) is 31.2 Å². The predicted molar refractivity (Wildman–Crippen MR) is 76.3 cm³/mol. The zero-order valence-electron chi connectivity index (χ0n) is 8.51. The van der Waals surface area contributed by atoms with Crippen molar-refractivity contribution in [3.63, 3.8) is 0 Å². The monoisotopic (exact) mass is 334 g/mol. The molecule has 1 aromatic carbocycles. The van der Waals surface area contributed by atoms with Crippen molar-refractivity contribution in [1.29, 1.82) is 0 Å². The highest BCUT2D eigenvalue weighted by molar-refractivity contribution is 9.09. The van der Waals surface area contributed by atoms with Crippen LogP contribution >= 0.6 is 50.5 Å². The van der Waals surface area contributed by atoms with Crippen LogP contribution in [0, 0.1) is 6.92 Å². The molecule has 0 fully saturated rings. The lowest BCUT2D eigenvalue weighted by Gasteiger charge is -2.10. The smallest absolute Gasteiger partial charge is 0.0931 e. The Balaban J connectivity index is 2.37. The van der Waals surface area contributed by atoms with Crippen LogP contribution in [0.1, 0.15) is 20.8 Å². The number of benzene rings is 1. The summed E-state index contributed by atoms with van der Waals surface area (Å²) in [4.78, 5) is 1.27. The first-order valence-electron chi connectivity index (χ1n) is 4.73. The van der Waals surface area contributed by atoms with Gasteiger partial charge in [0, 0.05) is 9.90 Å². The summed E-state index contributed by atoms with van der Waals surface area (Å²) in [6.07, 6.45) is 0. The number of thiophene rings is 1. The molecular formula is C12H9BrCl2S. The van der Waals surface area contributed by atoms with E-state index in [0.717, 1.165) is 25.4 Å². The summed E-state index contributed by atoms with van der Waals surface area (Å²) in [6, 6.07) is 10.00. The molecule has 84 valence electrons. The van der Waals surface area contributed by atoms with E-state index in [1.165, 1.54) is 0 Å². The fraction of sp³-hybridized carbons (Fsp3) is 0.167. The first-order chi connectivity index (χ1) is 7.58. The van der Waals surface area contributed by atoms with Gasteiger partial charge in [0.05, 0.1) is 9.16 Å². The van der Waals surface area contributed by atoms with Crippen molar-refractivity contribution in [3.8, 4) is 0 Å². The molecule has 0 saturated carbocycles. The molecule has 2 aromatic rings. The molecule has 0 aliphatic heterocycles. The van der Waals surface area contributed by atoms with Crippen LogP contribution in [0.2, 0.25) is 9.36 Å². The minimum Gasteiger partial charge on any atom is -0.127 e. The van der Waals surface area contributed by atoms with E-state index in [0.29, 0.717) is 0 Å². The highest BCUT2D eigenvalue weighted by Crippen LogP contribution is 2.39. The second kappa shape index (κ2) is 5.09.